The third-order valence-corrected chi connectivity index (χ3v) is 5.01. The van der Waals surface area contributed by atoms with Crippen molar-refractivity contribution >= 4 is 27.2 Å². The van der Waals surface area contributed by atoms with Gasteiger partial charge in [-0.2, -0.15) is 0 Å². The SMILES string of the molecule is CCN(CC)CCCNS(=O)(=O)C(C)C(N)=S. The molecule has 1 unspecified atom stereocenters. The van der Waals surface area contributed by atoms with Crippen LogP contribution in [-0.4, -0.2) is 49.7 Å². The largest absolute Gasteiger partial charge is 0.392 e. The van der Waals surface area contributed by atoms with E-state index in [-0.39, 0.29) is 4.99 Å². The Morgan fingerprint density at radius 2 is 1.94 bits per heavy atom. The standard InChI is InChI=1S/C10H23N3O2S2/c1-4-13(5-2)8-6-7-12-17(14,15)9(3)10(11)16/h9,12H,4-8H2,1-3H3,(H2,11,16). The first-order chi connectivity index (χ1) is 7.85. The summed E-state index contributed by atoms with van der Waals surface area (Å²) in [5, 5.41) is -0.814. The zero-order chi connectivity index (χ0) is 13.5. The Balaban J connectivity index is 4.00. The summed E-state index contributed by atoms with van der Waals surface area (Å²) in [6.07, 6.45) is 0.783. The van der Waals surface area contributed by atoms with Gasteiger partial charge in [-0.1, -0.05) is 26.1 Å². The molecule has 0 spiro atoms. The van der Waals surface area contributed by atoms with E-state index in [1.165, 1.54) is 6.92 Å². The monoisotopic (exact) mass is 281 g/mol. The molecule has 0 aromatic carbocycles. The lowest BCUT2D eigenvalue weighted by atomic mass is 10.4. The number of hydrogen-bond donors (Lipinski definition) is 2. The van der Waals surface area contributed by atoms with Crippen molar-refractivity contribution in [1.29, 1.82) is 0 Å². The molecule has 0 rings (SSSR count). The Morgan fingerprint density at radius 1 is 1.41 bits per heavy atom. The fourth-order valence-electron chi connectivity index (χ4n) is 1.33. The molecule has 0 saturated heterocycles. The Kier molecular flexibility index (Phi) is 7.85. The lowest BCUT2D eigenvalue weighted by Gasteiger charge is -2.18. The highest BCUT2D eigenvalue weighted by atomic mass is 32.2. The predicted molar refractivity (Wildman–Crippen MR) is 75.6 cm³/mol. The van der Waals surface area contributed by atoms with E-state index in [1.807, 2.05) is 0 Å². The molecule has 0 aliphatic heterocycles. The average Bonchev–Trinajstić information content (AvgIpc) is 2.28. The highest BCUT2D eigenvalue weighted by Crippen LogP contribution is 1.99. The van der Waals surface area contributed by atoms with Crippen LogP contribution in [0.3, 0.4) is 0 Å². The number of sulfonamides is 1. The van der Waals surface area contributed by atoms with E-state index in [9.17, 15) is 8.42 Å². The van der Waals surface area contributed by atoms with Crippen molar-refractivity contribution in [2.24, 2.45) is 5.73 Å². The molecule has 0 amide bonds. The zero-order valence-corrected chi connectivity index (χ0v) is 12.4. The van der Waals surface area contributed by atoms with Gasteiger partial charge in [0.2, 0.25) is 10.0 Å². The van der Waals surface area contributed by atoms with Crippen molar-refractivity contribution in [2.75, 3.05) is 26.2 Å². The first kappa shape index (κ1) is 16.8. The molecule has 102 valence electrons. The van der Waals surface area contributed by atoms with Crippen LogP contribution in [0, 0.1) is 0 Å². The van der Waals surface area contributed by atoms with Crippen LogP contribution < -0.4 is 10.5 Å². The Labute approximate surface area is 110 Å². The number of nitrogens with two attached hydrogens (primary N) is 1. The smallest absolute Gasteiger partial charge is 0.220 e. The molecule has 7 heteroatoms. The number of nitrogens with one attached hydrogen (secondary N) is 1. The topological polar surface area (TPSA) is 75.4 Å². The minimum Gasteiger partial charge on any atom is -0.392 e. The summed E-state index contributed by atoms with van der Waals surface area (Å²) in [7, 11) is -3.41. The van der Waals surface area contributed by atoms with Crippen molar-refractivity contribution in [3.05, 3.63) is 0 Å². The van der Waals surface area contributed by atoms with E-state index in [2.05, 4.69) is 35.7 Å². The summed E-state index contributed by atoms with van der Waals surface area (Å²) in [6.45, 7) is 8.93. The van der Waals surface area contributed by atoms with Gasteiger partial charge in [0.25, 0.3) is 0 Å². The van der Waals surface area contributed by atoms with Crippen LogP contribution in [0.25, 0.3) is 0 Å². The normalized spacial score (nSPS) is 13.9. The van der Waals surface area contributed by atoms with Crippen molar-refractivity contribution in [2.45, 2.75) is 32.4 Å². The van der Waals surface area contributed by atoms with Crippen LogP contribution in [0.15, 0.2) is 0 Å². The molecule has 0 aliphatic carbocycles. The second-order valence-corrected chi connectivity index (χ2v) is 6.42. The highest BCUT2D eigenvalue weighted by molar-refractivity contribution is 7.93. The van der Waals surface area contributed by atoms with Crippen LogP contribution in [0.2, 0.25) is 0 Å². The van der Waals surface area contributed by atoms with Gasteiger partial charge in [0, 0.05) is 6.54 Å². The molecular weight excluding hydrogens is 258 g/mol. The molecule has 1 atom stereocenters. The zero-order valence-electron chi connectivity index (χ0n) is 10.8. The lowest BCUT2D eigenvalue weighted by molar-refractivity contribution is 0.300. The van der Waals surface area contributed by atoms with Crippen LogP contribution >= 0.6 is 12.2 Å². The minimum absolute atomic E-state index is 0.00115. The van der Waals surface area contributed by atoms with E-state index in [0.717, 1.165) is 26.1 Å². The van der Waals surface area contributed by atoms with Crippen molar-refractivity contribution in [1.82, 2.24) is 9.62 Å². The van der Waals surface area contributed by atoms with Gasteiger partial charge >= 0.3 is 0 Å². The summed E-state index contributed by atoms with van der Waals surface area (Å²) in [5.74, 6) is 0. The van der Waals surface area contributed by atoms with Gasteiger partial charge in [0.05, 0.1) is 4.99 Å². The Hall–Kier alpha value is -0.240. The number of hydrogen-bond acceptors (Lipinski definition) is 4. The predicted octanol–water partition coefficient (Wildman–Crippen LogP) is 0.312. The summed E-state index contributed by atoms with van der Waals surface area (Å²) in [4.78, 5) is 2.24. The first-order valence-corrected chi connectivity index (χ1v) is 7.80. The maximum Gasteiger partial charge on any atom is 0.220 e. The molecule has 0 fully saturated rings. The van der Waals surface area contributed by atoms with E-state index >= 15 is 0 Å². The number of rotatable bonds is 9. The van der Waals surface area contributed by atoms with Crippen LogP contribution in [0.5, 0.6) is 0 Å². The van der Waals surface area contributed by atoms with E-state index in [4.69, 9.17) is 5.73 Å². The van der Waals surface area contributed by atoms with E-state index in [0.29, 0.717) is 6.54 Å². The minimum atomic E-state index is -3.41. The van der Waals surface area contributed by atoms with E-state index < -0.39 is 15.3 Å². The van der Waals surface area contributed by atoms with Crippen molar-refractivity contribution < 1.29 is 8.42 Å². The molecule has 0 aromatic heterocycles. The molecule has 0 radical (unpaired) electrons. The Morgan fingerprint density at radius 3 is 2.35 bits per heavy atom. The molecule has 0 aliphatic rings. The molecule has 0 bridgehead atoms. The molecule has 0 heterocycles. The second kappa shape index (κ2) is 7.97. The average molecular weight is 281 g/mol. The summed E-state index contributed by atoms with van der Waals surface area (Å²) in [5.41, 5.74) is 5.32. The fourth-order valence-corrected chi connectivity index (χ4v) is 2.70. The van der Waals surface area contributed by atoms with Gasteiger partial charge in [-0.3, -0.25) is 0 Å². The van der Waals surface area contributed by atoms with Crippen LogP contribution in [0.4, 0.5) is 0 Å². The molecule has 3 N–H and O–H groups in total. The summed E-state index contributed by atoms with van der Waals surface area (Å²) >= 11 is 4.67. The summed E-state index contributed by atoms with van der Waals surface area (Å²) < 4.78 is 25.8. The second-order valence-electron chi connectivity index (χ2n) is 3.86. The molecular formula is C10H23N3O2S2. The first-order valence-electron chi connectivity index (χ1n) is 5.85. The quantitative estimate of drug-likeness (QED) is 0.470. The van der Waals surface area contributed by atoms with Crippen LogP contribution in [-0.2, 0) is 10.0 Å². The van der Waals surface area contributed by atoms with Gasteiger partial charge < -0.3 is 10.6 Å². The van der Waals surface area contributed by atoms with Gasteiger partial charge in [-0.25, -0.2) is 13.1 Å². The van der Waals surface area contributed by atoms with Crippen molar-refractivity contribution in [3.63, 3.8) is 0 Å². The molecule has 0 saturated carbocycles. The highest BCUT2D eigenvalue weighted by Gasteiger charge is 2.22. The van der Waals surface area contributed by atoms with Gasteiger partial charge in [-0.15, -0.1) is 0 Å². The molecule has 17 heavy (non-hydrogen) atoms. The van der Waals surface area contributed by atoms with Crippen LogP contribution in [0.1, 0.15) is 27.2 Å². The fraction of sp³-hybridized carbons (Fsp3) is 0.900. The third-order valence-electron chi connectivity index (χ3n) is 2.71. The van der Waals surface area contributed by atoms with Gasteiger partial charge in [-0.05, 0) is 33.0 Å². The summed E-state index contributed by atoms with van der Waals surface area (Å²) in [6, 6.07) is 0. The molecule has 5 nitrogen and oxygen atoms in total. The van der Waals surface area contributed by atoms with Gasteiger partial charge in [0.1, 0.15) is 5.25 Å². The maximum absolute atomic E-state index is 11.7. The molecule has 0 aromatic rings. The third kappa shape index (κ3) is 6.30. The Bertz CT molecular complexity index is 326. The number of thiocarbonyl (C=S) groups is 1. The van der Waals surface area contributed by atoms with Gasteiger partial charge in [0.15, 0.2) is 0 Å². The maximum atomic E-state index is 11.7. The number of nitrogens with zero attached hydrogens (tertiary/aromatic N) is 1. The van der Waals surface area contributed by atoms with Crippen molar-refractivity contribution in [3.8, 4) is 0 Å². The van der Waals surface area contributed by atoms with E-state index in [1.54, 1.807) is 0 Å². The lowest BCUT2D eigenvalue weighted by Crippen LogP contribution is -2.41.